The Morgan fingerprint density at radius 1 is 1.46 bits per heavy atom. The molecule has 1 fully saturated rings. The van der Waals surface area contributed by atoms with Gasteiger partial charge >= 0.3 is 6.09 Å². The summed E-state index contributed by atoms with van der Waals surface area (Å²) in [5.41, 5.74) is 0.451. The molecule has 1 amide bonds. The molecule has 1 saturated heterocycles. The highest BCUT2D eigenvalue weighted by molar-refractivity contribution is 5.68. The van der Waals surface area contributed by atoms with Crippen molar-refractivity contribution in [2.24, 2.45) is 0 Å². The van der Waals surface area contributed by atoms with Gasteiger partial charge in [0.1, 0.15) is 11.4 Å². The van der Waals surface area contributed by atoms with E-state index in [4.69, 9.17) is 4.74 Å². The summed E-state index contributed by atoms with van der Waals surface area (Å²) in [6.45, 7) is 12.2. The molecule has 26 heavy (non-hydrogen) atoms. The molecule has 5 heteroatoms. The lowest BCUT2D eigenvalue weighted by molar-refractivity contribution is 0.0146. The molecule has 0 N–H and O–H groups in total. The third-order valence-electron chi connectivity index (χ3n) is 4.98. The number of nitrogens with zero attached hydrogens (tertiary/aromatic N) is 2. The lowest BCUT2D eigenvalue weighted by Crippen LogP contribution is -2.49. The number of carbonyl (C=O) groups excluding carboxylic acids is 1. The third kappa shape index (κ3) is 4.85. The van der Waals surface area contributed by atoms with Crippen LogP contribution in [0.3, 0.4) is 0 Å². The van der Waals surface area contributed by atoms with Crippen LogP contribution in [0.15, 0.2) is 36.9 Å². The van der Waals surface area contributed by atoms with Gasteiger partial charge in [0.15, 0.2) is 0 Å². The fourth-order valence-corrected chi connectivity index (χ4v) is 3.65. The lowest BCUT2D eigenvalue weighted by atomic mass is 10.0. The molecule has 0 aliphatic carbocycles. The summed E-state index contributed by atoms with van der Waals surface area (Å²) in [6.07, 6.45) is 3.40. The predicted octanol–water partition coefficient (Wildman–Crippen LogP) is 4.77. The minimum absolute atomic E-state index is 0.0247. The van der Waals surface area contributed by atoms with Gasteiger partial charge in [-0.25, -0.2) is 9.18 Å². The van der Waals surface area contributed by atoms with Crippen LogP contribution < -0.4 is 0 Å². The van der Waals surface area contributed by atoms with E-state index in [9.17, 15) is 9.18 Å². The van der Waals surface area contributed by atoms with Gasteiger partial charge in [-0.3, -0.25) is 4.90 Å². The second kappa shape index (κ2) is 8.21. The molecular weight excluding hydrogens is 331 g/mol. The van der Waals surface area contributed by atoms with Crippen LogP contribution in [0.25, 0.3) is 0 Å². The van der Waals surface area contributed by atoms with Gasteiger partial charge in [0.25, 0.3) is 0 Å². The van der Waals surface area contributed by atoms with Crippen molar-refractivity contribution in [2.45, 2.75) is 64.3 Å². The van der Waals surface area contributed by atoms with Crippen molar-refractivity contribution in [1.29, 1.82) is 0 Å². The minimum atomic E-state index is -0.522. The number of likely N-dealkylation sites (N-methyl/N-ethyl adjacent to an activating group) is 1. The summed E-state index contributed by atoms with van der Waals surface area (Å²) in [5, 5.41) is 0. The number of carbonyl (C=O) groups is 1. The quantitative estimate of drug-likeness (QED) is 0.707. The summed E-state index contributed by atoms with van der Waals surface area (Å²) in [6, 6.07) is 7.05. The van der Waals surface area contributed by atoms with Crippen LogP contribution in [0.5, 0.6) is 0 Å². The maximum Gasteiger partial charge on any atom is 0.410 e. The smallest absolute Gasteiger partial charge is 0.410 e. The van der Waals surface area contributed by atoms with Gasteiger partial charge < -0.3 is 9.64 Å². The number of halogens is 1. The SMILES string of the molecule is C=CCN1[C@@H](C(C)N(C)C(=O)OC(C)(C)C)CC[C@H]1c1cccc(F)c1. The number of hydrogen-bond acceptors (Lipinski definition) is 3. The van der Waals surface area contributed by atoms with Crippen molar-refractivity contribution in [2.75, 3.05) is 13.6 Å². The van der Waals surface area contributed by atoms with Crippen LogP contribution in [0, 0.1) is 5.82 Å². The van der Waals surface area contributed by atoms with Gasteiger partial charge in [0, 0.05) is 31.7 Å². The van der Waals surface area contributed by atoms with Gasteiger partial charge in [-0.05, 0) is 58.2 Å². The highest BCUT2D eigenvalue weighted by Crippen LogP contribution is 2.38. The molecule has 0 radical (unpaired) electrons. The Hall–Kier alpha value is -1.88. The van der Waals surface area contributed by atoms with Crippen molar-refractivity contribution in [3.05, 3.63) is 48.3 Å². The molecule has 1 aliphatic heterocycles. The number of amides is 1. The minimum Gasteiger partial charge on any atom is -0.444 e. The van der Waals surface area contributed by atoms with Gasteiger partial charge in [0.05, 0.1) is 0 Å². The van der Waals surface area contributed by atoms with Crippen LogP contribution in [0.2, 0.25) is 0 Å². The van der Waals surface area contributed by atoms with Crippen LogP contribution in [-0.2, 0) is 4.74 Å². The first-order valence-electron chi connectivity index (χ1n) is 9.22. The first kappa shape index (κ1) is 20.4. The first-order chi connectivity index (χ1) is 12.1. The Morgan fingerprint density at radius 2 is 2.15 bits per heavy atom. The van der Waals surface area contributed by atoms with E-state index >= 15 is 0 Å². The zero-order valence-corrected chi connectivity index (χ0v) is 16.5. The summed E-state index contributed by atoms with van der Waals surface area (Å²) in [4.78, 5) is 16.4. The van der Waals surface area contributed by atoms with Gasteiger partial charge in [-0.2, -0.15) is 0 Å². The molecule has 3 atom stereocenters. The Bertz CT molecular complexity index is 641. The van der Waals surface area contributed by atoms with Crippen molar-refractivity contribution in [1.82, 2.24) is 9.80 Å². The van der Waals surface area contributed by atoms with Crippen LogP contribution in [0.1, 0.15) is 52.1 Å². The Kier molecular flexibility index (Phi) is 6.45. The second-order valence-electron chi connectivity index (χ2n) is 8.03. The average Bonchev–Trinajstić information content (AvgIpc) is 2.96. The Balaban J connectivity index is 2.17. The summed E-state index contributed by atoms with van der Waals surface area (Å²) >= 11 is 0. The lowest BCUT2D eigenvalue weighted by Gasteiger charge is -2.37. The van der Waals surface area contributed by atoms with E-state index in [1.165, 1.54) is 6.07 Å². The van der Waals surface area contributed by atoms with E-state index < -0.39 is 5.60 Å². The molecule has 1 aliphatic rings. The third-order valence-corrected chi connectivity index (χ3v) is 4.98. The zero-order chi connectivity index (χ0) is 19.5. The normalized spacial score (nSPS) is 22.1. The molecule has 144 valence electrons. The number of benzene rings is 1. The van der Waals surface area contributed by atoms with E-state index in [-0.39, 0.29) is 30.0 Å². The molecule has 1 aromatic rings. The number of ether oxygens (including phenoxy) is 1. The Labute approximate surface area is 156 Å². The number of hydrogen-bond donors (Lipinski definition) is 0. The zero-order valence-electron chi connectivity index (χ0n) is 16.5. The fourth-order valence-electron chi connectivity index (χ4n) is 3.65. The monoisotopic (exact) mass is 362 g/mol. The molecule has 0 spiro atoms. The molecule has 0 saturated carbocycles. The highest BCUT2D eigenvalue weighted by Gasteiger charge is 2.39. The van der Waals surface area contributed by atoms with E-state index in [1.54, 1.807) is 24.1 Å². The van der Waals surface area contributed by atoms with E-state index in [1.807, 2.05) is 39.8 Å². The van der Waals surface area contributed by atoms with E-state index in [2.05, 4.69) is 11.5 Å². The molecular formula is C21H31FN2O2. The number of likely N-dealkylation sites (tertiary alicyclic amines) is 1. The average molecular weight is 362 g/mol. The molecule has 0 bridgehead atoms. The van der Waals surface area contributed by atoms with Crippen molar-refractivity contribution in [3.8, 4) is 0 Å². The van der Waals surface area contributed by atoms with Gasteiger partial charge in [-0.1, -0.05) is 18.2 Å². The van der Waals surface area contributed by atoms with Gasteiger partial charge in [-0.15, -0.1) is 6.58 Å². The predicted molar refractivity (Wildman–Crippen MR) is 103 cm³/mol. The van der Waals surface area contributed by atoms with E-state index in [0.717, 1.165) is 18.4 Å². The van der Waals surface area contributed by atoms with Gasteiger partial charge in [0.2, 0.25) is 0 Å². The largest absolute Gasteiger partial charge is 0.444 e. The number of rotatable bonds is 5. The molecule has 0 aromatic heterocycles. The maximum atomic E-state index is 13.7. The van der Waals surface area contributed by atoms with Crippen LogP contribution in [0.4, 0.5) is 9.18 Å². The van der Waals surface area contributed by atoms with Crippen molar-refractivity contribution < 1.29 is 13.9 Å². The second-order valence-corrected chi connectivity index (χ2v) is 8.03. The van der Waals surface area contributed by atoms with Crippen molar-refractivity contribution >= 4 is 6.09 Å². The Morgan fingerprint density at radius 3 is 2.73 bits per heavy atom. The summed E-state index contributed by atoms with van der Waals surface area (Å²) in [5.74, 6) is -0.219. The van der Waals surface area contributed by atoms with E-state index in [0.29, 0.717) is 6.54 Å². The molecule has 4 nitrogen and oxygen atoms in total. The van der Waals surface area contributed by atoms with Crippen molar-refractivity contribution in [3.63, 3.8) is 0 Å². The van der Waals surface area contributed by atoms with Crippen LogP contribution in [-0.4, -0.2) is 47.2 Å². The molecule has 2 rings (SSSR count). The fraction of sp³-hybridized carbons (Fsp3) is 0.571. The topological polar surface area (TPSA) is 32.8 Å². The maximum absolute atomic E-state index is 13.7. The molecule has 1 heterocycles. The summed E-state index contributed by atoms with van der Waals surface area (Å²) in [7, 11) is 1.78. The highest BCUT2D eigenvalue weighted by atomic mass is 19.1. The molecule has 1 unspecified atom stereocenters. The molecule has 1 aromatic carbocycles. The standard InChI is InChI=1S/C21H31FN2O2/c1-7-13-24-18(15(2)23(6)20(25)26-21(3,4)5)11-12-19(24)16-9-8-10-17(22)14-16/h7-10,14-15,18-19H,1,11-13H2,2-6H3/t15?,18-,19+/m1/s1. The first-order valence-corrected chi connectivity index (χ1v) is 9.22. The van der Waals surface area contributed by atoms with Crippen LogP contribution >= 0.6 is 0 Å². The summed E-state index contributed by atoms with van der Waals surface area (Å²) < 4.78 is 19.2.